The highest BCUT2D eigenvalue weighted by Crippen LogP contribution is 2.19. The molecule has 0 spiro atoms. The molecule has 0 aromatic rings. The molecule has 0 bridgehead atoms. The van der Waals surface area contributed by atoms with E-state index in [9.17, 15) is 0 Å². The highest BCUT2D eigenvalue weighted by molar-refractivity contribution is 4.75. The maximum Gasteiger partial charge on any atom is 0.0524 e. The Labute approximate surface area is 80.4 Å². The molecule has 1 saturated heterocycles. The summed E-state index contributed by atoms with van der Waals surface area (Å²) in [5.41, 5.74) is 0. The van der Waals surface area contributed by atoms with Crippen molar-refractivity contribution in [3.05, 3.63) is 0 Å². The van der Waals surface area contributed by atoms with E-state index in [1.54, 1.807) is 0 Å². The lowest BCUT2D eigenvalue weighted by Crippen LogP contribution is -2.24. The fourth-order valence-corrected chi connectivity index (χ4v) is 1.90. The summed E-state index contributed by atoms with van der Waals surface area (Å²) in [5.74, 6) is 0.680. The number of aliphatic hydroxyl groups excluding tert-OH is 2. The molecule has 78 valence electrons. The molecule has 1 fully saturated rings. The van der Waals surface area contributed by atoms with E-state index in [0.717, 1.165) is 32.5 Å². The van der Waals surface area contributed by atoms with E-state index in [1.807, 2.05) is 6.92 Å². The van der Waals surface area contributed by atoms with Gasteiger partial charge in [0.25, 0.3) is 0 Å². The van der Waals surface area contributed by atoms with Crippen LogP contribution in [0.15, 0.2) is 0 Å². The molecule has 2 unspecified atom stereocenters. The standard InChI is InChI=1S/C10H21NO2/c1-9(13)2-5-11-6-3-10(8-11)4-7-12/h9-10,12-13H,2-8H2,1H3. The van der Waals surface area contributed by atoms with Gasteiger partial charge in [0, 0.05) is 19.7 Å². The van der Waals surface area contributed by atoms with E-state index in [4.69, 9.17) is 10.2 Å². The minimum absolute atomic E-state index is 0.183. The van der Waals surface area contributed by atoms with Gasteiger partial charge in [0.1, 0.15) is 0 Å². The predicted molar refractivity (Wildman–Crippen MR) is 52.5 cm³/mol. The Morgan fingerprint density at radius 2 is 2.31 bits per heavy atom. The van der Waals surface area contributed by atoms with Gasteiger partial charge in [-0.15, -0.1) is 0 Å². The average molecular weight is 187 g/mol. The maximum atomic E-state index is 9.12. The largest absolute Gasteiger partial charge is 0.396 e. The van der Waals surface area contributed by atoms with Crippen molar-refractivity contribution in [3.63, 3.8) is 0 Å². The quantitative estimate of drug-likeness (QED) is 0.657. The topological polar surface area (TPSA) is 43.7 Å². The smallest absolute Gasteiger partial charge is 0.0524 e. The summed E-state index contributed by atoms with van der Waals surface area (Å²) in [6, 6.07) is 0. The van der Waals surface area contributed by atoms with Crippen LogP contribution in [0.3, 0.4) is 0 Å². The van der Waals surface area contributed by atoms with E-state index in [1.165, 1.54) is 6.42 Å². The average Bonchev–Trinajstić information content (AvgIpc) is 2.50. The first-order valence-corrected chi connectivity index (χ1v) is 5.23. The summed E-state index contributed by atoms with van der Waals surface area (Å²) in [6.45, 7) is 5.39. The first kappa shape index (κ1) is 11.0. The van der Waals surface area contributed by atoms with Crippen LogP contribution in [0.25, 0.3) is 0 Å². The molecule has 0 aromatic heterocycles. The summed E-state index contributed by atoms with van der Waals surface area (Å²) >= 11 is 0. The fourth-order valence-electron chi connectivity index (χ4n) is 1.90. The van der Waals surface area contributed by atoms with Gasteiger partial charge in [-0.3, -0.25) is 0 Å². The van der Waals surface area contributed by atoms with Crippen LogP contribution in [0.2, 0.25) is 0 Å². The van der Waals surface area contributed by atoms with Crippen molar-refractivity contribution in [1.29, 1.82) is 0 Å². The first-order valence-electron chi connectivity index (χ1n) is 5.23. The Kier molecular flexibility index (Phi) is 4.70. The van der Waals surface area contributed by atoms with Crippen LogP contribution in [0.5, 0.6) is 0 Å². The third-order valence-electron chi connectivity index (χ3n) is 2.77. The zero-order valence-electron chi connectivity index (χ0n) is 8.45. The lowest BCUT2D eigenvalue weighted by molar-refractivity contribution is 0.162. The van der Waals surface area contributed by atoms with Crippen molar-refractivity contribution in [1.82, 2.24) is 4.90 Å². The molecule has 3 heteroatoms. The van der Waals surface area contributed by atoms with Crippen LogP contribution in [0.4, 0.5) is 0 Å². The van der Waals surface area contributed by atoms with Crippen molar-refractivity contribution < 1.29 is 10.2 Å². The van der Waals surface area contributed by atoms with Gasteiger partial charge in [-0.05, 0) is 38.6 Å². The van der Waals surface area contributed by atoms with E-state index >= 15 is 0 Å². The Hall–Kier alpha value is -0.120. The van der Waals surface area contributed by atoms with Crippen LogP contribution in [0.1, 0.15) is 26.2 Å². The molecule has 0 radical (unpaired) electrons. The zero-order valence-corrected chi connectivity index (χ0v) is 8.45. The third kappa shape index (κ3) is 4.07. The van der Waals surface area contributed by atoms with Crippen molar-refractivity contribution in [3.8, 4) is 0 Å². The van der Waals surface area contributed by atoms with Crippen LogP contribution in [-0.2, 0) is 0 Å². The number of rotatable bonds is 5. The third-order valence-corrected chi connectivity index (χ3v) is 2.77. The molecule has 2 N–H and O–H groups in total. The lowest BCUT2D eigenvalue weighted by atomic mass is 10.1. The minimum atomic E-state index is -0.183. The summed E-state index contributed by atoms with van der Waals surface area (Å²) < 4.78 is 0. The summed E-state index contributed by atoms with van der Waals surface area (Å²) in [5, 5.41) is 17.9. The second-order valence-corrected chi connectivity index (χ2v) is 4.11. The van der Waals surface area contributed by atoms with Crippen molar-refractivity contribution in [2.45, 2.75) is 32.3 Å². The highest BCUT2D eigenvalue weighted by Gasteiger charge is 2.21. The maximum absolute atomic E-state index is 9.12. The molecule has 3 nitrogen and oxygen atoms in total. The molecular weight excluding hydrogens is 166 g/mol. The molecule has 0 amide bonds. The molecule has 0 aromatic carbocycles. The SMILES string of the molecule is CC(O)CCN1CCC(CCO)C1. The van der Waals surface area contributed by atoms with Gasteiger partial charge in [0.2, 0.25) is 0 Å². The number of hydrogen-bond donors (Lipinski definition) is 2. The fraction of sp³-hybridized carbons (Fsp3) is 1.00. The van der Waals surface area contributed by atoms with E-state index in [2.05, 4.69) is 4.90 Å². The Morgan fingerprint density at radius 3 is 2.92 bits per heavy atom. The number of hydrogen-bond acceptors (Lipinski definition) is 3. The Morgan fingerprint density at radius 1 is 1.54 bits per heavy atom. The summed E-state index contributed by atoms with van der Waals surface area (Å²) in [6.07, 6.45) is 2.83. The Balaban J connectivity index is 2.10. The second-order valence-electron chi connectivity index (χ2n) is 4.11. The van der Waals surface area contributed by atoms with E-state index in [0.29, 0.717) is 12.5 Å². The van der Waals surface area contributed by atoms with Gasteiger partial charge in [-0.2, -0.15) is 0 Å². The number of likely N-dealkylation sites (tertiary alicyclic amines) is 1. The normalized spacial score (nSPS) is 26.5. The molecule has 1 rings (SSSR count). The molecule has 13 heavy (non-hydrogen) atoms. The van der Waals surface area contributed by atoms with Gasteiger partial charge in [-0.25, -0.2) is 0 Å². The van der Waals surface area contributed by atoms with Gasteiger partial charge in [0.05, 0.1) is 6.10 Å². The zero-order chi connectivity index (χ0) is 9.68. The number of nitrogens with zero attached hydrogens (tertiary/aromatic N) is 1. The molecule has 1 aliphatic rings. The molecule has 2 atom stereocenters. The van der Waals surface area contributed by atoms with Gasteiger partial charge < -0.3 is 15.1 Å². The predicted octanol–water partition coefficient (Wildman–Crippen LogP) is 0.462. The van der Waals surface area contributed by atoms with Gasteiger partial charge in [0.15, 0.2) is 0 Å². The van der Waals surface area contributed by atoms with Gasteiger partial charge in [-0.1, -0.05) is 0 Å². The lowest BCUT2D eigenvalue weighted by Gasteiger charge is -2.16. The minimum Gasteiger partial charge on any atom is -0.396 e. The van der Waals surface area contributed by atoms with Crippen LogP contribution >= 0.6 is 0 Å². The monoisotopic (exact) mass is 187 g/mol. The molecule has 0 saturated carbocycles. The summed E-state index contributed by atoms with van der Waals surface area (Å²) in [7, 11) is 0. The first-order chi connectivity index (χ1) is 6.22. The van der Waals surface area contributed by atoms with E-state index in [-0.39, 0.29) is 6.10 Å². The van der Waals surface area contributed by atoms with Crippen molar-refractivity contribution in [2.24, 2.45) is 5.92 Å². The summed E-state index contributed by atoms with van der Waals surface area (Å²) in [4.78, 5) is 2.38. The molecule has 1 aliphatic heterocycles. The number of aliphatic hydroxyl groups is 2. The van der Waals surface area contributed by atoms with Crippen LogP contribution in [0, 0.1) is 5.92 Å². The molecular formula is C10H21NO2. The second kappa shape index (κ2) is 5.58. The van der Waals surface area contributed by atoms with Crippen molar-refractivity contribution in [2.75, 3.05) is 26.2 Å². The molecule has 0 aliphatic carbocycles. The molecule has 1 heterocycles. The van der Waals surface area contributed by atoms with E-state index < -0.39 is 0 Å². The van der Waals surface area contributed by atoms with Gasteiger partial charge >= 0.3 is 0 Å². The van der Waals surface area contributed by atoms with Crippen molar-refractivity contribution >= 4 is 0 Å². The van der Waals surface area contributed by atoms with Crippen LogP contribution < -0.4 is 0 Å². The van der Waals surface area contributed by atoms with Crippen LogP contribution in [-0.4, -0.2) is 47.5 Å². The highest BCUT2D eigenvalue weighted by atomic mass is 16.3. The Bertz CT molecular complexity index is 139.